The fourth-order valence-corrected chi connectivity index (χ4v) is 2.78. The number of aromatic nitrogens is 2. The molecule has 0 unspecified atom stereocenters. The molecule has 3 aromatic rings. The molecule has 0 aliphatic carbocycles. The zero-order valence-corrected chi connectivity index (χ0v) is 21.6. The number of hydrogen-bond acceptors (Lipinski definition) is 6. The maximum absolute atomic E-state index is 5.64. The molecule has 0 saturated heterocycles. The number of benzene rings is 1. The lowest BCUT2D eigenvalue weighted by atomic mass is 10.1. The van der Waals surface area contributed by atoms with Crippen molar-refractivity contribution in [2.45, 2.75) is 39.8 Å². The van der Waals surface area contributed by atoms with Gasteiger partial charge in [0.25, 0.3) is 0 Å². The molecule has 0 fully saturated rings. The smallest absolute Gasteiger partial charge is 0.213 e. The number of nitrogens with one attached hydrogen (secondary N) is 2. The van der Waals surface area contributed by atoms with Crippen molar-refractivity contribution >= 4 is 29.9 Å². The number of para-hydroxylation sites is 1. The van der Waals surface area contributed by atoms with Gasteiger partial charge in [0.1, 0.15) is 19.0 Å². The molecular formula is C24H32IN5O3. The van der Waals surface area contributed by atoms with Crippen LogP contribution in [-0.2, 0) is 13.1 Å². The number of guanidine groups is 1. The molecule has 1 aromatic carbocycles. The average molecular weight is 565 g/mol. The topological polar surface area (TPSA) is 93.8 Å². The number of aliphatic imine (C=N–C) groups is 1. The average Bonchev–Trinajstić information content (AvgIpc) is 3.30. The normalized spacial score (nSPS) is 11.1. The Bertz CT molecular complexity index is 962. The summed E-state index contributed by atoms with van der Waals surface area (Å²) in [6.07, 6.45) is 1.77. The van der Waals surface area contributed by atoms with Crippen molar-refractivity contribution in [2.75, 3.05) is 19.8 Å². The Kier molecular flexibility index (Phi) is 11.5. The summed E-state index contributed by atoms with van der Waals surface area (Å²) < 4.78 is 16.6. The Balaban J connectivity index is 0.00000385. The fourth-order valence-electron chi connectivity index (χ4n) is 2.78. The van der Waals surface area contributed by atoms with E-state index in [2.05, 4.69) is 39.6 Å². The summed E-state index contributed by atoms with van der Waals surface area (Å²) in [6.45, 7) is 8.85. The number of rotatable bonds is 11. The number of nitrogens with zero attached hydrogens (tertiary/aromatic N) is 3. The van der Waals surface area contributed by atoms with Crippen LogP contribution in [0, 0.1) is 0 Å². The summed E-state index contributed by atoms with van der Waals surface area (Å²) in [7, 11) is 0. The van der Waals surface area contributed by atoms with Crippen molar-refractivity contribution in [1.29, 1.82) is 0 Å². The van der Waals surface area contributed by atoms with Gasteiger partial charge in [-0.2, -0.15) is 0 Å². The van der Waals surface area contributed by atoms with E-state index in [1.807, 2.05) is 55.5 Å². The minimum atomic E-state index is 0. The molecule has 0 aliphatic heterocycles. The van der Waals surface area contributed by atoms with E-state index in [-0.39, 0.29) is 24.0 Å². The third-order valence-corrected chi connectivity index (χ3v) is 4.51. The van der Waals surface area contributed by atoms with Crippen molar-refractivity contribution in [3.8, 4) is 11.6 Å². The highest BCUT2D eigenvalue weighted by atomic mass is 127. The molecule has 2 N–H and O–H groups in total. The monoisotopic (exact) mass is 565 g/mol. The van der Waals surface area contributed by atoms with Crippen molar-refractivity contribution in [2.24, 2.45) is 4.99 Å². The first-order valence-electron chi connectivity index (χ1n) is 10.9. The van der Waals surface area contributed by atoms with Crippen LogP contribution in [0.1, 0.15) is 43.7 Å². The molecule has 0 bridgehead atoms. The molecule has 0 atom stereocenters. The molecule has 33 heavy (non-hydrogen) atoms. The van der Waals surface area contributed by atoms with Crippen LogP contribution in [0.3, 0.4) is 0 Å². The highest BCUT2D eigenvalue weighted by Gasteiger charge is 2.08. The highest BCUT2D eigenvalue weighted by molar-refractivity contribution is 14.0. The van der Waals surface area contributed by atoms with Crippen molar-refractivity contribution in [3.05, 3.63) is 71.7 Å². The molecule has 3 rings (SSSR count). The summed E-state index contributed by atoms with van der Waals surface area (Å²) in [4.78, 5) is 8.96. The zero-order valence-electron chi connectivity index (χ0n) is 19.3. The lowest BCUT2D eigenvalue weighted by Crippen LogP contribution is -2.36. The zero-order chi connectivity index (χ0) is 22.6. The van der Waals surface area contributed by atoms with Crippen LogP contribution in [0.15, 0.2) is 64.2 Å². The van der Waals surface area contributed by atoms with Crippen LogP contribution >= 0.6 is 24.0 Å². The van der Waals surface area contributed by atoms with Gasteiger partial charge in [-0.25, -0.2) is 9.98 Å². The molecule has 0 amide bonds. The Morgan fingerprint density at radius 2 is 1.85 bits per heavy atom. The van der Waals surface area contributed by atoms with E-state index < -0.39 is 0 Å². The van der Waals surface area contributed by atoms with Crippen molar-refractivity contribution < 1.29 is 14.0 Å². The van der Waals surface area contributed by atoms with Gasteiger partial charge in [-0.1, -0.05) is 43.3 Å². The second-order valence-corrected chi connectivity index (χ2v) is 7.44. The van der Waals surface area contributed by atoms with Gasteiger partial charge in [-0.15, -0.1) is 24.0 Å². The van der Waals surface area contributed by atoms with Gasteiger partial charge >= 0.3 is 0 Å². The second-order valence-electron chi connectivity index (χ2n) is 7.44. The molecule has 0 radical (unpaired) electrons. The lowest BCUT2D eigenvalue weighted by molar-refractivity contribution is 0.212. The van der Waals surface area contributed by atoms with Gasteiger partial charge < -0.3 is 24.6 Å². The van der Waals surface area contributed by atoms with E-state index in [1.54, 1.807) is 6.20 Å². The molecule has 0 aliphatic rings. The van der Waals surface area contributed by atoms with Crippen LogP contribution in [0.4, 0.5) is 0 Å². The van der Waals surface area contributed by atoms with E-state index in [4.69, 9.17) is 14.0 Å². The maximum Gasteiger partial charge on any atom is 0.213 e. The molecule has 0 saturated carbocycles. The fraction of sp³-hybridized carbons (Fsp3) is 0.375. The standard InChI is InChI=1S/C24H31N5O3.HI/c1-4-25-24(28-17-21-14-22(18(2)3)29-32-21)27-16-19-10-11-23(26-15-19)31-13-12-30-20-8-6-5-7-9-20;/h5-11,14-15,18H,4,12-13,16-17H2,1-3H3,(H2,25,27,28);1H. The largest absolute Gasteiger partial charge is 0.490 e. The Labute approximate surface area is 212 Å². The number of pyridine rings is 1. The lowest BCUT2D eigenvalue weighted by Gasteiger charge is -2.10. The van der Waals surface area contributed by atoms with Crippen LogP contribution in [-0.4, -0.2) is 35.9 Å². The minimum Gasteiger partial charge on any atom is -0.490 e. The first kappa shape index (κ1) is 26.4. The first-order valence-corrected chi connectivity index (χ1v) is 10.9. The Hall–Kier alpha value is -2.82. The predicted molar refractivity (Wildman–Crippen MR) is 139 cm³/mol. The van der Waals surface area contributed by atoms with Crippen molar-refractivity contribution in [3.63, 3.8) is 0 Å². The third kappa shape index (κ3) is 9.29. The van der Waals surface area contributed by atoms with E-state index in [9.17, 15) is 0 Å². The SMILES string of the molecule is CCNC(=NCc1ccc(OCCOc2ccccc2)nc1)NCc1cc(C(C)C)no1.I. The Morgan fingerprint density at radius 1 is 1.06 bits per heavy atom. The van der Waals surface area contributed by atoms with Crippen molar-refractivity contribution in [1.82, 2.24) is 20.8 Å². The summed E-state index contributed by atoms with van der Waals surface area (Å²) in [5, 5.41) is 10.6. The quantitative estimate of drug-likeness (QED) is 0.153. The highest BCUT2D eigenvalue weighted by Crippen LogP contribution is 2.14. The van der Waals surface area contributed by atoms with Gasteiger partial charge in [-0.05, 0) is 30.5 Å². The van der Waals surface area contributed by atoms with E-state index >= 15 is 0 Å². The van der Waals surface area contributed by atoms with Crippen LogP contribution in [0.25, 0.3) is 0 Å². The summed E-state index contributed by atoms with van der Waals surface area (Å²) in [6, 6.07) is 15.4. The van der Waals surface area contributed by atoms with E-state index in [0.29, 0.717) is 44.1 Å². The van der Waals surface area contributed by atoms with E-state index in [1.165, 1.54) is 0 Å². The van der Waals surface area contributed by atoms with Gasteiger partial charge in [0.05, 0.1) is 18.8 Å². The molecule has 178 valence electrons. The first-order chi connectivity index (χ1) is 15.6. The summed E-state index contributed by atoms with van der Waals surface area (Å²) in [5.74, 6) is 3.20. The molecular weight excluding hydrogens is 533 g/mol. The van der Waals surface area contributed by atoms with Gasteiger partial charge in [0, 0.05) is 24.9 Å². The molecule has 2 aromatic heterocycles. The maximum atomic E-state index is 5.64. The molecule has 8 nitrogen and oxygen atoms in total. The molecule has 9 heteroatoms. The predicted octanol–water partition coefficient (Wildman–Crippen LogP) is 4.52. The number of halogens is 1. The van der Waals surface area contributed by atoms with Crippen LogP contribution in [0.5, 0.6) is 11.6 Å². The second kappa shape index (κ2) is 14.4. The van der Waals surface area contributed by atoms with Gasteiger partial charge in [0.2, 0.25) is 5.88 Å². The van der Waals surface area contributed by atoms with Gasteiger partial charge in [0.15, 0.2) is 11.7 Å². The molecule has 2 heterocycles. The van der Waals surface area contributed by atoms with Crippen LogP contribution < -0.4 is 20.1 Å². The summed E-state index contributed by atoms with van der Waals surface area (Å²) >= 11 is 0. The number of ether oxygens (including phenoxy) is 2. The Morgan fingerprint density at radius 3 is 2.52 bits per heavy atom. The van der Waals surface area contributed by atoms with Gasteiger partial charge in [-0.3, -0.25) is 0 Å². The number of hydrogen-bond donors (Lipinski definition) is 2. The summed E-state index contributed by atoms with van der Waals surface area (Å²) in [5.41, 5.74) is 1.93. The van der Waals surface area contributed by atoms with E-state index in [0.717, 1.165) is 29.3 Å². The third-order valence-electron chi connectivity index (χ3n) is 4.51. The van der Waals surface area contributed by atoms with Crippen LogP contribution in [0.2, 0.25) is 0 Å². The molecule has 0 spiro atoms. The minimum absolute atomic E-state index is 0.